The van der Waals surface area contributed by atoms with Crippen molar-refractivity contribution in [3.63, 3.8) is 0 Å². The Labute approximate surface area is 637 Å². The van der Waals surface area contributed by atoms with E-state index < -0.39 is 97.1 Å². The molecule has 3 aliphatic rings. The molecule has 3 aliphatic heterocycles. The van der Waals surface area contributed by atoms with Crippen LogP contribution in [0, 0.1) is 0 Å². The minimum atomic E-state index is -1.34. The number of thioether (sulfide) groups is 1. The standard InChI is InChI=1S/C90H95NO16S/c1-64(92)91-79-83(99-57-69-38-20-7-21-39-69)82(106-89-86(102-60-72-44-26-10-27-45-72)84(100-58-70-40-22-8-23-41-70)80(97-55-67-34-16-5-17-35-67)76(104-89)61-96-54-73-48-50-74(93-2)51-49-73)78(63-95-53-66-32-14-4-15-33-66)103-88(79)107-87-85(101-59-71-42-24-9-25-43-71)81(98-56-68-36-18-6-19-37-68)77(62-94-52-65-30-12-3-13-31-65)105-90(87)108-75-46-28-11-29-47-75/h3-51,76-90H,52-63H2,1-2H3,(H,91,92)/t76-,77-,78-,79-,80+,81-,82-,83-,84+,85+,86-,87+,88+,89+,90-/m1/s1. The van der Waals surface area contributed by atoms with E-state index in [-0.39, 0.29) is 72.7 Å². The fraction of sp³-hybridized carbons (Fsp3) is 0.322. The Balaban J connectivity index is 0.924. The van der Waals surface area contributed by atoms with E-state index in [2.05, 4.69) is 5.32 Å². The van der Waals surface area contributed by atoms with E-state index in [9.17, 15) is 4.79 Å². The normalized spacial score (nSPS) is 24.2. The molecule has 3 heterocycles. The molecule has 13 rings (SSSR count). The molecule has 17 nitrogen and oxygen atoms in total. The smallest absolute Gasteiger partial charge is 0.217 e. The van der Waals surface area contributed by atoms with Crippen molar-refractivity contribution in [1.82, 2.24) is 5.32 Å². The van der Waals surface area contributed by atoms with Crippen molar-refractivity contribution in [3.8, 4) is 5.75 Å². The lowest BCUT2D eigenvalue weighted by atomic mass is 9.94. The lowest BCUT2D eigenvalue weighted by molar-refractivity contribution is -0.372. The number of ether oxygens (including phenoxy) is 15. The van der Waals surface area contributed by atoms with Crippen molar-refractivity contribution in [3.05, 3.63) is 347 Å². The van der Waals surface area contributed by atoms with Crippen LogP contribution in [0.1, 0.15) is 57.0 Å². The van der Waals surface area contributed by atoms with Crippen molar-refractivity contribution >= 4 is 17.7 Å². The number of carbonyl (C=O) groups excluding carboxylic acids is 1. The van der Waals surface area contributed by atoms with Gasteiger partial charge in [-0.05, 0) is 74.3 Å². The quantitative estimate of drug-likeness (QED) is 0.0388. The first-order chi connectivity index (χ1) is 53.3. The van der Waals surface area contributed by atoms with Crippen molar-refractivity contribution in [1.29, 1.82) is 0 Å². The van der Waals surface area contributed by atoms with Gasteiger partial charge in [-0.1, -0.05) is 285 Å². The molecule has 562 valence electrons. The van der Waals surface area contributed by atoms with Gasteiger partial charge in [-0.3, -0.25) is 4.79 Å². The molecule has 0 saturated carbocycles. The highest BCUT2D eigenvalue weighted by Crippen LogP contribution is 2.42. The largest absolute Gasteiger partial charge is 0.497 e. The average molecular weight is 1480 g/mol. The maximum atomic E-state index is 14.5. The summed E-state index contributed by atoms with van der Waals surface area (Å²) in [5.74, 6) is 0.330. The highest BCUT2D eigenvalue weighted by atomic mass is 32.2. The van der Waals surface area contributed by atoms with Gasteiger partial charge in [0.1, 0.15) is 84.4 Å². The highest BCUT2D eigenvalue weighted by Gasteiger charge is 2.57. The van der Waals surface area contributed by atoms with E-state index in [0.717, 1.165) is 60.7 Å². The molecule has 1 N–H and O–H groups in total. The van der Waals surface area contributed by atoms with Crippen molar-refractivity contribution in [2.75, 3.05) is 26.9 Å². The van der Waals surface area contributed by atoms with Crippen LogP contribution in [0.15, 0.2) is 302 Å². The van der Waals surface area contributed by atoms with Crippen LogP contribution < -0.4 is 10.1 Å². The number of nitrogens with one attached hydrogen (secondary N) is 1. The molecule has 0 radical (unpaired) electrons. The summed E-state index contributed by atoms with van der Waals surface area (Å²) in [6, 6.07) is 96.4. The van der Waals surface area contributed by atoms with E-state index in [1.807, 2.05) is 297 Å². The predicted molar refractivity (Wildman–Crippen MR) is 411 cm³/mol. The van der Waals surface area contributed by atoms with Crippen LogP contribution in [0.25, 0.3) is 0 Å². The molecule has 0 aliphatic carbocycles. The molecule has 0 spiro atoms. The van der Waals surface area contributed by atoms with Crippen molar-refractivity contribution < 1.29 is 75.8 Å². The third-order valence-corrected chi connectivity index (χ3v) is 20.1. The van der Waals surface area contributed by atoms with Crippen LogP contribution in [0.5, 0.6) is 5.75 Å². The lowest BCUT2D eigenvalue weighted by Crippen LogP contribution is -2.70. The first-order valence-corrected chi connectivity index (χ1v) is 37.8. The number of carbonyl (C=O) groups is 1. The van der Waals surface area contributed by atoms with Gasteiger partial charge >= 0.3 is 0 Å². The summed E-state index contributed by atoms with van der Waals surface area (Å²) in [6.45, 7) is 3.24. The first kappa shape index (κ1) is 77.4. The molecular formula is C90H95NO16S. The number of amides is 1. The van der Waals surface area contributed by atoms with Crippen LogP contribution in [-0.4, -0.2) is 124 Å². The summed E-state index contributed by atoms with van der Waals surface area (Å²) in [7, 11) is 1.64. The maximum Gasteiger partial charge on any atom is 0.217 e. The molecule has 3 saturated heterocycles. The summed E-state index contributed by atoms with van der Waals surface area (Å²) in [4.78, 5) is 15.4. The zero-order valence-electron chi connectivity index (χ0n) is 60.9. The molecule has 18 heteroatoms. The van der Waals surface area contributed by atoms with Crippen LogP contribution >= 0.6 is 11.8 Å². The first-order valence-electron chi connectivity index (χ1n) is 37.0. The minimum Gasteiger partial charge on any atom is -0.497 e. The van der Waals surface area contributed by atoms with Gasteiger partial charge in [-0.2, -0.15) is 0 Å². The second-order valence-electron chi connectivity index (χ2n) is 26.9. The van der Waals surface area contributed by atoms with Crippen LogP contribution in [0.4, 0.5) is 0 Å². The summed E-state index contributed by atoms with van der Waals surface area (Å²) in [5.41, 5.74) is 7.50. The van der Waals surface area contributed by atoms with Gasteiger partial charge in [0.05, 0.1) is 86.4 Å². The number of benzene rings is 10. The Morgan fingerprint density at radius 3 is 0.991 bits per heavy atom. The Hall–Kier alpha value is -8.74. The van der Waals surface area contributed by atoms with Crippen LogP contribution in [0.3, 0.4) is 0 Å². The van der Waals surface area contributed by atoms with E-state index in [4.69, 9.17) is 71.1 Å². The van der Waals surface area contributed by atoms with Gasteiger partial charge in [0.15, 0.2) is 12.6 Å². The van der Waals surface area contributed by atoms with Gasteiger partial charge < -0.3 is 76.4 Å². The van der Waals surface area contributed by atoms with Gasteiger partial charge in [0.25, 0.3) is 0 Å². The summed E-state index contributed by atoms with van der Waals surface area (Å²) < 4.78 is 108. The van der Waals surface area contributed by atoms with Gasteiger partial charge in [-0.15, -0.1) is 0 Å². The average Bonchev–Trinajstić information content (AvgIpc) is 0.761. The van der Waals surface area contributed by atoms with E-state index >= 15 is 0 Å². The van der Waals surface area contributed by atoms with Crippen molar-refractivity contribution in [2.24, 2.45) is 0 Å². The van der Waals surface area contributed by atoms with Gasteiger partial charge in [-0.25, -0.2) is 0 Å². The Morgan fingerprint density at radius 2 is 0.611 bits per heavy atom. The third-order valence-electron chi connectivity index (χ3n) is 19.0. The van der Waals surface area contributed by atoms with Crippen LogP contribution in [-0.2, 0) is 131 Å². The molecule has 3 fully saturated rings. The zero-order chi connectivity index (χ0) is 73.7. The van der Waals surface area contributed by atoms with Gasteiger partial charge in [0.2, 0.25) is 5.91 Å². The minimum absolute atomic E-state index is 0.0281. The number of hydrogen-bond donors (Lipinski definition) is 1. The Morgan fingerprint density at radius 1 is 0.315 bits per heavy atom. The topological polar surface area (TPSA) is 168 Å². The Kier molecular flexibility index (Phi) is 29.5. The molecule has 10 aromatic carbocycles. The monoisotopic (exact) mass is 1480 g/mol. The third kappa shape index (κ3) is 22.7. The number of hydrogen-bond acceptors (Lipinski definition) is 17. The van der Waals surface area contributed by atoms with Crippen molar-refractivity contribution in [2.45, 2.75) is 162 Å². The van der Waals surface area contributed by atoms with Gasteiger partial charge in [0, 0.05) is 11.8 Å². The molecule has 0 aromatic heterocycles. The second-order valence-corrected chi connectivity index (χ2v) is 28.1. The Bertz CT molecular complexity index is 4160. The fourth-order valence-electron chi connectivity index (χ4n) is 13.5. The summed E-state index contributed by atoms with van der Waals surface area (Å²) in [5, 5.41) is 3.31. The summed E-state index contributed by atoms with van der Waals surface area (Å²) in [6.07, 6.45) is -13.0. The van der Waals surface area contributed by atoms with E-state index in [1.54, 1.807) is 7.11 Å². The molecule has 15 atom stereocenters. The highest BCUT2D eigenvalue weighted by molar-refractivity contribution is 7.99. The number of methoxy groups -OCH3 is 1. The second kappa shape index (κ2) is 41.2. The number of rotatable bonds is 38. The predicted octanol–water partition coefficient (Wildman–Crippen LogP) is 15.4. The molecule has 10 aromatic rings. The summed E-state index contributed by atoms with van der Waals surface area (Å²) >= 11 is 1.48. The lowest BCUT2D eigenvalue weighted by Gasteiger charge is -2.52. The molecule has 108 heavy (non-hydrogen) atoms. The fourth-order valence-corrected chi connectivity index (χ4v) is 14.7. The molecular weight excluding hydrogens is 1380 g/mol. The maximum absolute atomic E-state index is 14.5. The molecule has 0 bridgehead atoms. The van der Waals surface area contributed by atoms with E-state index in [1.165, 1.54) is 18.7 Å². The van der Waals surface area contributed by atoms with Crippen LogP contribution in [0.2, 0.25) is 0 Å². The SMILES string of the molecule is COc1ccc(COC[C@H]2O[C@@H](O[C@H]3[C@H](OCc4ccccc4)[C@@H](NC(C)=O)[C@H](O[C@H]4[C@@H](OCc5ccccc5)[C@H](OCc5ccccc5)[C@@H](COCc5ccccc5)O[C@@H]4Sc4ccccc4)O[C@@H]3COCc3ccccc3)[C@H](OCc3ccccc3)[C@@H](OCc3ccccc3)[C@H]2OCc2ccccc2)cc1. The molecule has 1 amide bonds. The zero-order valence-corrected chi connectivity index (χ0v) is 61.7. The van der Waals surface area contributed by atoms with E-state index in [0.29, 0.717) is 6.61 Å². The molecule has 0 unspecified atom stereocenters.